The maximum Gasteiger partial charge on any atom is 0.261 e. The number of nitrogens with zero attached hydrogens (tertiary/aromatic N) is 1. The fourth-order valence-corrected chi connectivity index (χ4v) is 4.90. The fourth-order valence-electron chi connectivity index (χ4n) is 2.81. The highest BCUT2D eigenvalue weighted by Crippen LogP contribution is 2.34. The van der Waals surface area contributed by atoms with Gasteiger partial charge in [-0.1, -0.05) is 13.0 Å². The summed E-state index contributed by atoms with van der Waals surface area (Å²) < 4.78 is 28.3. The molecule has 1 aliphatic heterocycles. The van der Waals surface area contributed by atoms with Gasteiger partial charge < -0.3 is 10.2 Å². The van der Waals surface area contributed by atoms with Gasteiger partial charge in [0.25, 0.3) is 10.0 Å². The molecular weight excluding hydrogens is 382 g/mol. The summed E-state index contributed by atoms with van der Waals surface area (Å²) in [6.45, 7) is 3.83. The lowest BCUT2D eigenvalue weighted by Crippen LogP contribution is -2.20. The van der Waals surface area contributed by atoms with Crippen LogP contribution in [0.5, 0.6) is 0 Å². The first-order chi connectivity index (χ1) is 12.7. The number of carbonyl (C=O) groups is 1. The number of carbonyl (C=O) groups excluding carboxylic acids is 1. The zero-order valence-corrected chi connectivity index (χ0v) is 17.4. The molecular formula is C19H23N3O3S2. The monoisotopic (exact) mass is 405 g/mol. The molecule has 8 heteroatoms. The van der Waals surface area contributed by atoms with E-state index in [-0.39, 0.29) is 16.7 Å². The summed E-state index contributed by atoms with van der Waals surface area (Å²) in [7, 11) is 0.0481. The third-order valence-corrected chi connectivity index (χ3v) is 7.11. The molecule has 144 valence electrons. The van der Waals surface area contributed by atoms with Gasteiger partial charge in [0.1, 0.15) is 0 Å². The Kier molecular flexibility index (Phi) is 5.39. The number of nitrogens with one attached hydrogen (secondary N) is 2. The van der Waals surface area contributed by atoms with Gasteiger partial charge in [0, 0.05) is 36.3 Å². The van der Waals surface area contributed by atoms with E-state index in [2.05, 4.69) is 10.0 Å². The Morgan fingerprint density at radius 1 is 1.19 bits per heavy atom. The summed E-state index contributed by atoms with van der Waals surface area (Å²) in [6.07, 6.45) is 0. The number of sulfonamides is 1. The van der Waals surface area contributed by atoms with Crippen molar-refractivity contribution >= 4 is 44.8 Å². The Bertz CT molecular complexity index is 988. The molecule has 1 unspecified atom stereocenters. The van der Waals surface area contributed by atoms with Gasteiger partial charge in [-0.2, -0.15) is 0 Å². The molecule has 1 atom stereocenters. The van der Waals surface area contributed by atoms with E-state index in [9.17, 15) is 13.2 Å². The lowest BCUT2D eigenvalue weighted by molar-refractivity contribution is -0.118. The summed E-state index contributed by atoms with van der Waals surface area (Å²) in [6, 6.07) is 10.2. The lowest BCUT2D eigenvalue weighted by atomic mass is 10.2. The van der Waals surface area contributed by atoms with Gasteiger partial charge in [0.15, 0.2) is 0 Å². The predicted octanol–water partition coefficient (Wildman–Crippen LogP) is 3.54. The minimum atomic E-state index is -3.77. The first-order valence-corrected chi connectivity index (χ1v) is 11.0. The maximum atomic E-state index is 12.8. The van der Waals surface area contributed by atoms with E-state index in [1.165, 1.54) is 6.07 Å². The van der Waals surface area contributed by atoms with Crippen molar-refractivity contribution in [2.24, 2.45) is 5.92 Å². The van der Waals surface area contributed by atoms with Crippen LogP contribution in [0.25, 0.3) is 0 Å². The van der Waals surface area contributed by atoms with E-state index in [1.54, 1.807) is 36.0 Å². The summed E-state index contributed by atoms with van der Waals surface area (Å²) >= 11 is 1.55. The number of thioether (sulfide) groups is 1. The Balaban J connectivity index is 1.91. The molecule has 0 aliphatic carbocycles. The van der Waals surface area contributed by atoms with Crippen LogP contribution in [0.1, 0.15) is 12.5 Å². The summed E-state index contributed by atoms with van der Waals surface area (Å²) in [5.41, 5.74) is 3.03. The van der Waals surface area contributed by atoms with Gasteiger partial charge in [0.05, 0.1) is 16.3 Å². The lowest BCUT2D eigenvalue weighted by Gasteiger charge is -2.18. The first kappa shape index (κ1) is 19.6. The molecule has 0 saturated heterocycles. The zero-order chi connectivity index (χ0) is 19.8. The Labute approximate surface area is 164 Å². The normalized spacial score (nSPS) is 16.9. The van der Waals surface area contributed by atoms with E-state index in [0.717, 1.165) is 16.1 Å². The SMILES string of the molecule is Cc1ccc(NS(=O)(=O)c2ccc3c(c2)NC(=O)C(C)CS3)cc1N(C)C. The molecule has 0 saturated carbocycles. The smallest absolute Gasteiger partial charge is 0.261 e. The second-order valence-corrected chi connectivity index (χ2v) is 9.60. The number of amides is 1. The standard InChI is InChI=1S/C19H23N3O3S2/c1-12-5-6-14(9-17(12)22(3)4)21-27(24,25)15-7-8-18-16(10-15)20-19(23)13(2)11-26-18/h5-10,13,21H,11H2,1-4H3,(H,20,23). The van der Waals surface area contributed by atoms with Crippen LogP contribution in [0.4, 0.5) is 17.1 Å². The van der Waals surface area contributed by atoms with E-state index < -0.39 is 10.0 Å². The highest BCUT2D eigenvalue weighted by atomic mass is 32.2. The van der Waals surface area contributed by atoms with E-state index in [0.29, 0.717) is 17.1 Å². The van der Waals surface area contributed by atoms with Crippen molar-refractivity contribution in [2.75, 3.05) is 34.8 Å². The average Bonchev–Trinajstić information content (AvgIpc) is 2.74. The van der Waals surface area contributed by atoms with Crippen LogP contribution in [0.15, 0.2) is 46.2 Å². The van der Waals surface area contributed by atoms with Gasteiger partial charge in [0.2, 0.25) is 5.91 Å². The molecule has 2 aromatic carbocycles. The third kappa shape index (κ3) is 4.22. The van der Waals surface area contributed by atoms with Gasteiger partial charge >= 0.3 is 0 Å². The van der Waals surface area contributed by atoms with Crippen LogP contribution in [0.3, 0.4) is 0 Å². The van der Waals surface area contributed by atoms with Crippen molar-refractivity contribution in [3.63, 3.8) is 0 Å². The first-order valence-electron chi connectivity index (χ1n) is 8.56. The Morgan fingerprint density at radius 2 is 1.93 bits per heavy atom. The average molecular weight is 406 g/mol. The van der Waals surface area contributed by atoms with Crippen molar-refractivity contribution in [3.8, 4) is 0 Å². The van der Waals surface area contributed by atoms with Crippen molar-refractivity contribution < 1.29 is 13.2 Å². The number of hydrogen-bond donors (Lipinski definition) is 2. The summed E-state index contributed by atoms with van der Waals surface area (Å²) in [5, 5.41) is 2.82. The molecule has 0 bridgehead atoms. The zero-order valence-electron chi connectivity index (χ0n) is 15.7. The quantitative estimate of drug-likeness (QED) is 0.813. The molecule has 1 heterocycles. The highest BCUT2D eigenvalue weighted by molar-refractivity contribution is 7.99. The largest absolute Gasteiger partial charge is 0.377 e. The van der Waals surface area contributed by atoms with E-state index >= 15 is 0 Å². The number of benzene rings is 2. The highest BCUT2D eigenvalue weighted by Gasteiger charge is 2.23. The molecule has 0 fully saturated rings. The second-order valence-electron chi connectivity index (χ2n) is 6.86. The second kappa shape index (κ2) is 7.44. The molecule has 3 rings (SSSR count). The summed E-state index contributed by atoms with van der Waals surface area (Å²) in [5.74, 6) is 0.440. The molecule has 0 radical (unpaired) electrons. The maximum absolute atomic E-state index is 12.8. The Hall–Kier alpha value is -2.19. The van der Waals surface area contributed by atoms with E-state index in [4.69, 9.17) is 0 Å². The van der Waals surface area contributed by atoms with Crippen molar-refractivity contribution in [3.05, 3.63) is 42.0 Å². The molecule has 1 aliphatic rings. The van der Waals surface area contributed by atoms with Crippen LogP contribution in [0.2, 0.25) is 0 Å². The van der Waals surface area contributed by atoms with Gasteiger partial charge in [-0.3, -0.25) is 9.52 Å². The predicted molar refractivity (Wildman–Crippen MR) is 111 cm³/mol. The number of rotatable bonds is 4. The third-order valence-electron chi connectivity index (χ3n) is 4.40. The van der Waals surface area contributed by atoms with Crippen LogP contribution in [0, 0.1) is 12.8 Å². The van der Waals surface area contributed by atoms with Gasteiger partial charge in [-0.15, -0.1) is 11.8 Å². The topological polar surface area (TPSA) is 78.5 Å². The van der Waals surface area contributed by atoms with Crippen LogP contribution in [-0.2, 0) is 14.8 Å². The van der Waals surface area contributed by atoms with E-state index in [1.807, 2.05) is 38.9 Å². The molecule has 2 N–H and O–H groups in total. The van der Waals surface area contributed by atoms with Crippen molar-refractivity contribution in [2.45, 2.75) is 23.6 Å². The summed E-state index contributed by atoms with van der Waals surface area (Å²) in [4.78, 5) is 15.0. The van der Waals surface area contributed by atoms with Crippen LogP contribution < -0.4 is 14.9 Å². The van der Waals surface area contributed by atoms with Gasteiger partial charge in [-0.25, -0.2) is 8.42 Å². The number of hydrogen-bond acceptors (Lipinski definition) is 5. The molecule has 27 heavy (non-hydrogen) atoms. The van der Waals surface area contributed by atoms with Crippen LogP contribution >= 0.6 is 11.8 Å². The van der Waals surface area contributed by atoms with Crippen molar-refractivity contribution in [1.82, 2.24) is 0 Å². The minimum Gasteiger partial charge on any atom is -0.377 e. The molecule has 6 nitrogen and oxygen atoms in total. The van der Waals surface area contributed by atoms with Crippen LogP contribution in [-0.4, -0.2) is 34.2 Å². The molecule has 0 aromatic heterocycles. The number of anilines is 3. The van der Waals surface area contributed by atoms with Gasteiger partial charge in [-0.05, 0) is 42.8 Å². The molecule has 1 amide bonds. The minimum absolute atomic E-state index is 0.0992. The number of fused-ring (bicyclic) bond motifs is 1. The molecule has 0 spiro atoms. The molecule has 2 aromatic rings. The Morgan fingerprint density at radius 3 is 2.63 bits per heavy atom. The fraction of sp³-hybridized carbons (Fsp3) is 0.316. The number of aryl methyl sites for hydroxylation is 1. The van der Waals surface area contributed by atoms with Crippen molar-refractivity contribution in [1.29, 1.82) is 0 Å².